The molecule has 0 atom stereocenters. The first-order valence-corrected chi connectivity index (χ1v) is 5.79. The van der Waals surface area contributed by atoms with Crippen molar-refractivity contribution in [1.82, 2.24) is 0 Å². The largest absolute Gasteiger partial charge is 0.289 e. The standard InChI is InChI=1S/C15H10FNO3/c16-13-6-3-5-12(10-13)15(18)9-8-11-4-1-2-7-14(11)17(19)20/h1-10H/b9-8+. The van der Waals surface area contributed by atoms with E-state index in [0.717, 1.165) is 6.07 Å². The zero-order chi connectivity index (χ0) is 14.5. The number of allylic oxidation sites excluding steroid dienone is 1. The molecule has 0 aliphatic carbocycles. The Hall–Kier alpha value is -2.82. The fraction of sp³-hybridized carbons (Fsp3) is 0. The van der Waals surface area contributed by atoms with Gasteiger partial charge < -0.3 is 0 Å². The van der Waals surface area contributed by atoms with Crippen molar-refractivity contribution in [3.05, 3.63) is 81.7 Å². The van der Waals surface area contributed by atoms with E-state index in [1.807, 2.05) is 0 Å². The number of carbonyl (C=O) groups excluding carboxylic acids is 1. The number of rotatable bonds is 4. The van der Waals surface area contributed by atoms with Crippen LogP contribution >= 0.6 is 0 Å². The monoisotopic (exact) mass is 271 g/mol. The quantitative estimate of drug-likeness (QED) is 0.369. The summed E-state index contributed by atoms with van der Waals surface area (Å²) in [5.74, 6) is -0.919. The Morgan fingerprint density at radius 3 is 2.60 bits per heavy atom. The lowest BCUT2D eigenvalue weighted by Crippen LogP contribution is -1.95. The number of nitrogens with zero attached hydrogens (tertiary/aromatic N) is 1. The average molecular weight is 271 g/mol. The predicted octanol–water partition coefficient (Wildman–Crippen LogP) is 3.63. The molecule has 0 aliphatic rings. The molecular weight excluding hydrogens is 261 g/mol. The van der Waals surface area contributed by atoms with Gasteiger partial charge in [-0.15, -0.1) is 0 Å². The Morgan fingerprint density at radius 1 is 1.15 bits per heavy atom. The van der Waals surface area contributed by atoms with Crippen molar-refractivity contribution < 1.29 is 14.1 Å². The van der Waals surface area contributed by atoms with Gasteiger partial charge >= 0.3 is 0 Å². The fourth-order valence-electron chi connectivity index (χ4n) is 1.70. The molecule has 0 heterocycles. The molecular formula is C15H10FNO3. The van der Waals surface area contributed by atoms with E-state index in [0.29, 0.717) is 5.56 Å². The number of hydrogen-bond donors (Lipinski definition) is 0. The number of para-hydroxylation sites is 1. The van der Waals surface area contributed by atoms with Crippen LogP contribution in [0.3, 0.4) is 0 Å². The van der Waals surface area contributed by atoms with Crippen molar-refractivity contribution in [2.45, 2.75) is 0 Å². The van der Waals surface area contributed by atoms with Gasteiger partial charge in [-0.25, -0.2) is 4.39 Å². The van der Waals surface area contributed by atoms with Crippen molar-refractivity contribution in [2.75, 3.05) is 0 Å². The fourth-order valence-corrected chi connectivity index (χ4v) is 1.70. The van der Waals surface area contributed by atoms with E-state index in [9.17, 15) is 19.3 Å². The van der Waals surface area contributed by atoms with Gasteiger partial charge in [-0.3, -0.25) is 14.9 Å². The van der Waals surface area contributed by atoms with Crippen LogP contribution in [0.1, 0.15) is 15.9 Å². The summed E-state index contributed by atoms with van der Waals surface area (Å²) in [6.07, 6.45) is 2.54. The lowest BCUT2D eigenvalue weighted by atomic mass is 10.1. The van der Waals surface area contributed by atoms with Crippen molar-refractivity contribution in [3.8, 4) is 0 Å². The smallest absolute Gasteiger partial charge is 0.276 e. The van der Waals surface area contributed by atoms with Crippen LogP contribution < -0.4 is 0 Å². The van der Waals surface area contributed by atoms with Crippen LogP contribution in [0.2, 0.25) is 0 Å². The van der Waals surface area contributed by atoms with E-state index in [1.54, 1.807) is 12.1 Å². The van der Waals surface area contributed by atoms with Crippen LogP contribution in [0.5, 0.6) is 0 Å². The molecule has 0 N–H and O–H groups in total. The number of carbonyl (C=O) groups is 1. The normalized spacial score (nSPS) is 10.7. The predicted molar refractivity (Wildman–Crippen MR) is 72.9 cm³/mol. The second-order valence-corrected chi connectivity index (χ2v) is 4.02. The van der Waals surface area contributed by atoms with Gasteiger partial charge in [0, 0.05) is 11.6 Å². The zero-order valence-electron chi connectivity index (χ0n) is 10.3. The first kappa shape index (κ1) is 13.6. The van der Waals surface area contributed by atoms with Crippen molar-refractivity contribution in [2.24, 2.45) is 0 Å². The van der Waals surface area contributed by atoms with Crippen LogP contribution in [0.4, 0.5) is 10.1 Å². The van der Waals surface area contributed by atoms with Gasteiger partial charge in [-0.1, -0.05) is 24.3 Å². The second-order valence-electron chi connectivity index (χ2n) is 4.02. The summed E-state index contributed by atoms with van der Waals surface area (Å²) < 4.78 is 13.0. The summed E-state index contributed by atoms with van der Waals surface area (Å²) in [5.41, 5.74) is 0.429. The summed E-state index contributed by atoms with van der Waals surface area (Å²) in [7, 11) is 0. The minimum Gasteiger partial charge on any atom is -0.289 e. The Balaban J connectivity index is 2.26. The average Bonchev–Trinajstić information content (AvgIpc) is 2.45. The highest BCUT2D eigenvalue weighted by atomic mass is 19.1. The number of halogens is 1. The maximum absolute atomic E-state index is 13.0. The molecule has 2 rings (SSSR count). The molecule has 2 aromatic carbocycles. The minimum absolute atomic E-state index is 0.0872. The van der Waals surface area contributed by atoms with E-state index < -0.39 is 16.5 Å². The van der Waals surface area contributed by atoms with Crippen LogP contribution in [0.25, 0.3) is 6.08 Å². The zero-order valence-corrected chi connectivity index (χ0v) is 10.3. The van der Waals surface area contributed by atoms with Gasteiger partial charge in [0.15, 0.2) is 5.78 Å². The molecule has 100 valence electrons. The number of nitro benzene ring substituents is 1. The Bertz CT molecular complexity index is 695. The molecule has 4 nitrogen and oxygen atoms in total. The topological polar surface area (TPSA) is 60.2 Å². The molecule has 0 spiro atoms. The minimum atomic E-state index is -0.521. The third kappa shape index (κ3) is 3.14. The van der Waals surface area contributed by atoms with Crippen LogP contribution in [-0.4, -0.2) is 10.7 Å². The Kier molecular flexibility index (Phi) is 4.00. The van der Waals surface area contributed by atoms with Gasteiger partial charge in [0.1, 0.15) is 5.82 Å². The number of ketones is 1. The molecule has 0 aromatic heterocycles. The van der Waals surface area contributed by atoms with Crippen LogP contribution in [0, 0.1) is 15.9 Å². The molecule has 0 saturated heterocycles. The van der Waals surface area contributed by atoms with Gasteiger partial charge in [0.2, 0.25) is 0 Å². The highest BCUT2D eigenvalue weighted by molar-refractivity contribution is 6.07. The molecule has 5 heteroatoms. The first-order chi connectivity index (χ1) is 9.58. The highest BCUT2D eigenvalue weighted by Gasteiger charge is 2.10. The number of benzene rings is 2. The van der Waals surface area contributed by atoms with Gasteiger partial charge in [0.05, 0.1) is 10.5 Å². The molecule has 0 radical (unpaired) electrons. The third-order valence-electron chi connectivity index (χ3n) is 2.66. The van der Waals surface area contributed by atoms with E-state index in [-0.39, 0.29) is 11.3 Å². The summed E-state index contributed by atoms with van der Waals surface area (Å²) in [6, 6.07) is 11.3. The van der Waals surface area contributed by atoms with Gasteiger partial charge in [0.25, 0.3) is 5.69 Å². The van der Waals surface area contributed by atoms with E-state index in [1.165, 1.54) is 42.5 Å². The first-order valence-electron chi connectivity index (χ1n) is 5.79. The summed E-state index contributed by atoms with van der Waals surface area (Å²) in [6.45, 7) is 0. The van der Waals surface area contributed by atoms with E-state index in [4.69, 9.17) is 0 Å². The van der Waals surface area contributed by atoms with Crippen molar-refractivity contribution in [1.29, 1.82) is 0 Å². The molecule has 0 aliphatic heterocycles. The van der Waals surface area contributed by atoms with Gasteiger partial charge in [-0.2, -0.15) is 0 Å². The number of nitro groups is 1. The van der Waals surface area contributed by atoms with E-state index >= 15 is 0 Å². The maximum atomic E-state index is 13.0. The Morgan fingerprint density at radius 2 is 1.90 bits per heavy atom. The molecule has 0 fully saturated rings. The van der Waals surface area contributed by atoms with Crippen molar-refractivity contribution in [3.63, 3.8) is 0 Å². The second kappa shape index (κ2) is 5.88. The van der Waals surface area contributed by atoms with Crippen molar-refractivity contribution >= 4 is 17.5 Å². The van der Waals surface area contributed by atoms with Crippen LogP contribution in [-0.2, 0) is 0 Å². The third-order valence-corrected chi connectivity index (χ3v) is 2.66. The summed E-state index contributed by atoms with van der Waals surface area (Å²) in [5, 5.41) is 10.8. The molecule has 0 unspecified atom stereocenters. The molecule has 0 saturated carbocycles. The summed E-state index contributed by atoms with van der Waals surface area (Å²) in [4.78, 5) is 22.1. The molecule has 0 bridgehead atoms. The van der Waals surface area contributed by atoms with Crippen LogP contribution in [0.15, 0.2) is 54.6 Å². The lowest BCUT2D eigenvalue weighted by molar-refractivity contribution is -0.385. The summed E-state index contributed by atoms with van der Waals surface area (Å²) >= 11 is 0. The van der Waals surface area contributed by atoms with E-state index in [2.05, 4.69) is 0 Å². The molecule has 2 aromatic rings. The molecule has 20 heavy (non-hydrogen) atoms. The maximum Gasteiger partial charge on any atom is 0.276 e. The number of hydrogen-bond acceptors (Lipinski definition) is 3. The highest BCUT2D eigenvalue weighted by Crippen LogP contribution is 2.19. The SMILES string of the molecule is O=C(/C=C/c1ccccc1[N+](=O)[O-])c1cccc(F)c1. The van der Waals surface area contributed by atoms with Gasteiger partial charge in [-0.05, 0) is 30.4 Å². The Labute approximate surface area is 114 Å². The lowest BCUT2D eigenvalue weighted by Gasteiger charge is -1.97. The molecule has 0 amide bonds.